The molecule has 0 aromatic rings. The maximum atomic E-state index is 11.1. The summed E-state index contributed by atoms with van der Waals surface area (Å²) >= 11 is 0. The van der Waals surface area contributed by atoms with Crippen molar-refractivity contribution >= 4 is 17.8 Å². The van der Waals surface area contributed by atoms with E-state index in [-0.39, 0.29) is 37.8 Å². The van der Waals surface area contributed by atoms with Crippen LogP contribution >= 0.6 is 0 Å². The highest BCUT2D eigenvalue weighted by Gasteiger charge is 2.28. The normalized spacial score (nSPS) is 18.3. The van der Waals surface area contributed by atoms with Gasteiger partial charge in [0.05, 0.1) is 13.2 Å². The number of carbonyl (C=O) groups is 3. The van der Waals surface area contributed by atoms with Crippen molar-refractivity contribution in [3.05, 3.63) is 0 Å². The molecule has 1 N–H and O–H groups in total. The summed E-state index contributed by atoms with van der Waals surface area (Å²) < 4.78 is 4.92. The van der Waals surface area contributed by atoms with Crippen molar-refractivity contribution in [3.63, 3.8) is 0 Å². The zero-order valence-electron chi connectivity index (χ0n) is 8.43. The minimum absolute atomic E-state index is 0.0605. The third-order valence-corrected chi connectivity index (χ3v) is 2.19. The van der Waals surface area contributed by atoms with Gasteiger partial charge in [0.1, 0.15) is 0 Å². The van der Waals surface area contributed by atoms with Crippen LogP contribution in [0.1, 0.15) is 19.8 Å². The van der Waals surface area contributed by atoms with E-state index in [9.17, 15) is 14.4 Å². The first-order chi connectivity index (χ1) is 7.02. The van der Waals surface area contributed by atoms with E-state index in [1.54, 1.807) is 0 Å². The predicted octanol–water partition coefficient (Wildman–Crippen LogP) is -0.375. The molecule has 0 aromatic carbocycles. The Balaban J connectivity index is 2.28. The molecule has 0 saturated carbocycles. The molecule has 0 unspecified atom stereocenters. The summed E-state index contributed by atoms with van der Waals surface area (Å²) in [6.45, 7) is 1.59. The van der Waals surface area contributed by atoms with Crippen molar-refractivity contribution < 1.29 is 24.2 Å². The van der Waals surface area contributed by atoms with Gasteiger partial charge in [-0.3, -0.25) is 14.5 Å². The minimum Gasteiger partial charge on any atom is -0.479 e. The minimum atomic E-state index is -1.06. The zero-order chi connectivity index (χ0) is 11.4. The summed E-state index contributed by atoms with van der Waals surface area (Å²) in [5, 5.41) is 8.51. The zero-order valence-corrected chi connectivity index (χ0v) is 8.43. The number of carbonyl (C=O) groups excluding carboxylic acids is 2. The molecule has 1 heterocycles. The second-order valence-corrected chi connectivity index (χ2v) is 3.29. The molecule has 0 bridgehead atoms. The van der Waals surface area contributed by atoms with Crippen LogP contribution in [0, 0.1) is 0 Å². The monoisotopic (exact) mass is 215 g/mol. The van der Waals surface area contributed by atoms with Crippen LogP contribution in [0.25, 0.3) is 0 Å². The van der Waals surface area contributed by atoms with Crippen LogP contribution in [0.15, 0.2) is 0 Å². The number of carboxylic acid groups (broad SMARTS) is 1. The molecule has 15 heavy (non-hydrogen) atoms. The maximum absolute atomic E-state index is 11.1. The summed E-state index contributed by atoms with van der Waals surface area (Å²) in [5.74, 6) is -1.49. The van der Waals surface area contributed by atoms with E-state index >= 15 is 0 Å². The van der Waals surface area contributed by atoms with Crippen molar-refractivity contribution in [2.75, 3.05) is 13.2 Å². The van der Waals surface area contributed by atoms with E-state index < -0.39 is 12.1 Å². The number of aliphatic carboxylic acids is 1. The molecule has 1 aliphatic heterocycles. The summed E-state index contributed by atoms with van der Waals surface area (Å²) in [7, 11) is 0. The number of ether oxygens (including phenoxy) is 1. The topological polar surface area (TPSA) is 83.9 Å². The SMILES string of the molecule is C[C@H](OCCN1C(=O)CCC1=O)C(=O)O. The molecular weight excluding hydrogens is 202 g/mol. The smallest absolute Gasteiger partial charge is 0.332 e. The van der Waals surface area contributed by atoms with Crippen molar-refractivity contribution in [1.82, 2.24) is 4.90 Å². The van der Waals surface area contributed by atoms with Crippen molar-refractivity contribution in [2.24, 2.45) is 0 Å². The molecular formula is C9H13NO5. The second kappa shape index (κ2) is 4.88. The van der Waals surface area contributed by atoms with Crippen molar-refractivity contribution in [1.29, 1.82) is 0 Å². The van der Waals surface area contributed by atoms with Crippen LogP contribution in [0.5, 0.6) is 0 Å². The fourth-order valence-electron chi connectivity index (χ4n) is 1.26. The third-order valence-electron chi connectivity index (χ3n) is 2.19. The number of hydrogen-bond acceptors (Lipinski definition) is 4. The number of amides is 2. The molecule has 1 saturated heterocycles. The maximum Gasteiger partial charge on any atom is 0.332 e. The molecule has 1 atom stereocenters. The fourth-order valence-corrected chi connectivity index (χ4v) is 1.26. The Hall–Kier alpha value is -1.43. The Morgan fingerprint density at radius 3 is 2.47 bits per heavy atom. The Morgan fingerprint density at radius 1 is 1.47 bits per heavy atom. The Morgan fingerprint density at radius 2 is 2.00 bits per heavy atom. The number of nitrogens with zero attached hydrogens (tertiary/aromatic N) is 1. The molecule has 0 spiro atoms. The molecule has 6 heteroatoms. The van der Waals surface area contributed by atoms with Crippen LogP contribution in [0.2, 0.25) is 0 Å². The number of rotatable bonds is 5. The van der Waals surface area contributed by atoms with E-state index in [4.69, 9.17) is 9.84 Å². The molecule has 0 aliphatic carbocycles. The Kier molecular flexibility index (Phi) is 3.79. The number of imide groups is 1. The van der Waals surface area contributed by atoms with E-state index in [0.717, 1.165) is 4.90 Å². The molecule has 1 fully saturated rings. The number of carboxylic acids is 1. The third kappa shape index (κ3) is 3.02. The highest BCUT2D eigenvalue weighted by atomic mass is 16.5. The van der Waals surface area contributed by atoms with Gasteiger partial charge in [-0.25, -0.2) is 4.79 Å². The van der Waals surface area contributed by atoms with E-state index in [0.29, 0.717) is 0 Å². The second-order valence-electron chi connectivity index (χ2n) is 3.29. The molecule has 0 radical (unpaired) electrons. The lowest BCUT2D eigenvalue weighted by Crippen LogP contribution is -2.34. The van der Waals surface area contributed by atoms with Crippen LogP contribution in [-0.2, 0) is 19.1 Å². The van der Waals surface area contributed by atoms with Crippen molar-refractivity contribution in [3.8, 4) is 0 Å². The van der Waals surface area contributed by atoms with Gasteiger partial charge in [-0.1, -0.05) is 0 Å². The van der Waals surface area contributed by atoms with Gasteiger partial charge in [0, 0.05) is 12.8 Å². The first-order valence-electron chi connectivity index (χ1n) is 4.70. The van der Waals surface area contributed by atoms with Gasteiger partial charge in [-0.05, 0) is 6.92 Å². The summed E-state index contributed by atoms with van der Waals surface area (Å²) in [4.78, 5) is 33.7. The molecule has 2 amide bonds. The number of likely N-dealkylation sites (tertiary alicyclic amines) is 1. The van der Waals surface area contributed by atoms with Gasteiger partial charge in [0.25, 0.3) is 0 Å². The summed E-state index contributed by atoms with van der Waals surface area (Å²) in [6, 6.07) is 0. The Labute approximate surface area is 86.8 Å². The number of hydrogen-bond donors (Lipinski definition) is 1. The lowest BCUT2D eigenvalue weighted by atomic mass is 10.4. The molecule has 1 aliphatic rings. The first kappa shape index (κ1) is 11.6. The van der Waals surface area contributed by atoms with Gasteiger partial charge in [-0.2, -0.15) is 0 Å². The Bertz CT molecular complexity index is 272. The largest absolute Gasteiger partial charge is 0.479 e. The van der Waals surface area contributed by atoms with Crippen LogP contribution in [0.3, 0.4) is 0 Å². The average Bonchev–Trinajstić information content (AvgIpc) is 2.48. The van der Waals surface area contributed by atoms with Crippen LogP contribution in [-0.4, -0.2) is 47.0 Å². The first-order valence-corrected chi connectivity index (χ1v) is 4.70. The predicted molar refractivity (Wildman–Crippen MR) is 49.0 cm³/mol. The molecule has 6 nitrogen and oxygen atoms in total. The molecule has 84 valence electrons. The van der Waals surface area contributed by atoms with Gasteiger partial charge < -0.3 is 9.84 Å². The van der Waals surface area contributed by atoms with Gasteiger partial charge in [-0.15, -0.1) is 0 Å². The van der Waals surface area contributed by atoms with Gasteiger partial charge in [0.15, 0.2) is 6.10 Å². The quantitative estimate of drug-likeness (QED) is 0.632. The van der Waals surface area contributed by atoms with E-state index in [1.807, 2.05) is 0 Å². The summed E-state index contributed by atoms with van der Waals surface area (Å²) in [5.41, 5.74) is 0. The van der Waals surface area contributed by atoms with E-state index in [1.165, 1.54) is 6.92 Å². The van der Waals surface area contributed by atoms with Crippen molar-refractivity contribution in [2.45, 2.75) is 25.9 Å². The average molecular weight is 215 g/mol. The molecule has 0 aromatic heterocycles. The van der Waals surface area contributed by atoms with Gasteiger partial charge >= 0.3 is 5.97 Å². The lowest BCUT2D eigenvalue weighted by Gasteiger charge is -2.14. The summed E-state index contributed by atoms with van der Waals surface area (Å²) in [6.07, 6.45) is -0.432. The lowest BCUT2D eigenvalue weighted by molar-refractivity contribution is -0.149. The highest BCUT2D eigenvalue weighted by Crippen LogP contribution is 2.10. The fraction of sp³-hybridized carbons (Fsp3) is 0.667. The standard InChI is InChI=1S/C9H13NO5/c1-6(9(13)14)15-5-4-10-7(11)2-3-8(10)12/h6H,2-5H2,1H3,(H,13,14)/t6-/m0/s1. The molecule has 1 rings (SSSR count). The highest BCUT2D eigenvalue weighted by molar-refractivity contribution is 6.01. The van der Waals surface area contributed by atoms with Gasteiger partial charge in [0.2, 0.25) is 11.8 Å². The van der Waals surface area contributed by atoms with Crippen LogP contribution < -0.4 is 0 Å². The van der Waals surface area contributed by atoms with Crippen LogP contribution in [0.4, 0.5) is 0 Å². The van der Waals surface area contributed by atoms with E-state index in [2.05, 4.69) is 0 Å².